The molecule has 0 fully saturated rings. The molecule has 0 aliphatic carbocycles. The lowest BCUT2D eigenvalue weighted by Gasteiger charge is -2.31. The summed E-state index contributed by atoms with van der Waals surface area (Å²) in [7, 11) is 0. The van der Waals surface area contributed by atoms with Crippen LogP contribution in [0.4, 0.5) is 22.4 Å². The van der Waals surface area contributed by atoms with Gasteiger partial charge in [-0.25, -0.2) is 9.18 Å². The first-order chi connectivity index (χ1) is 8.94. The van der Waals surface area contributed by atoms with E-state index in [4.69, 9.17) is 10.5 Å². The van der Waals surface area contributed by atoms with E-state index in [9.17, 15) is 22.4 Å². The molecule has 1 amide bonds. The first-order valence-electron chi connectivity index (χ1n) is 5.76. The minimum absolute atomic E-state index is 0.716. The molecule has 1 aromatic carbocycles. The molecule has 0 aliphatic rings. The van der Waals surface area contributed by atoms with Gasteiger partial charge in [-0.1, -0.05) is 26.8 Å². The van der Waals surface area contributed by atoms with Crippen molar-refractivity contribution in [1.29, 1.82) is 0 Å². The molecule has 3 nitrogen and oxygen atoms in total. The number of hydrogen-bond donors (Lipinski definition) is 1. The minimum Gasteiger partial charge on any atom is -0.441 e. The van der Waals surface area contributed by atoms with Gasteiger partial charge in [-0.15, -0.1) is 0 Å². The van der Waals surface area contributed by atoms with Crippen LogP contribution in [0.5, 0.6) is 0 Å². The summed E-state index contributed by atoms with van der Waals surface area (Å²) in [5.41, 5.74) is 2.01. The van der Waals surface area contributed by atoms with Gasteiger partial charge in [0.15, 0.2) is 0 Å². The van der Waals surface area contributed by atoms with Crippen molar-refractivity contribution in [2.24, 2.45) is 11.1 Å². The van der Waals surface area contributed by atoms with Crippen LogP contribution in [0.2, 0.25) is 0 Å². The number of alkyl halides is 3. The summed E-state index contributed by atoms with van der Waals surface area (Å²) in [6.07, 6.45) is -7.47. The van der Waals surface area contributed by atoms with E-state index in [1.165, 1.54) is 20.8 Å². The van der Waals surface area contributed by atoms with Crippen LogP contribution in [-0.2, 0) is 10.9 Å². The molecule has 0 heterocycles. The second kappa shape index (κ2) is 5.30. The van der Waals surface area contributed by atoms with Gasteiger partial charge in [0, 0.05) is 11.0 Å². The van der Waals surface area contributed by atoms with Gasteiger partial charge < -0.3 is 10.5 Å². The molecule has 7 heteroatoms. The Morgan fingerprint density at radius 1 is 1.25 bits per heavy atom. The Morgan fingerprint density at radius 3 is 2.20 bits per heavy atom. The van der Waals surface area contributed by atoms with Crippen molar-refractivity contribution >= 4 is 6.09 Å². The maximum Gasteiger partial charge on any atom is 0.416 e. The summed E-state index contributed by atoms with van der Waals surface area (Å²) in [4.78, 5) is 10.9. The molecule has 1 atom stereocenters. The number of amides is 1. The first kappa shape index (κ1) is 16.3. The van der Waals surface area contributed by atoms with Crippen LogP contribution in [0, 0.1) is 11.2 Å². The summed E-state index contributed by atoms with van der Waals surface area (Å²) < 4.78 is 57.5. The van der Waals surface area contributed by atoms with Crippen molar-refractivity contribution in [3.05, 3.63) is 35.1 Å². The van der Waals surface area contributed by atoms with Crippen molar-refractivity contribution in [2.75, 3.05) is 0 Å². The fourth-order valence-electron chi connectivity index (χ4n) is 1.84. The Kier molecular flexibility index (Phi) is 4.31. The average molecular weight is 293 g/mol. The molecule has 0 saturated heterocycles. The SMILES string of the molecule is CC(C)(C)C(OC(N)=O)c1c(F)cccc1C(F)(F)F. The zero-order chi connectivity index (χ0) is 15.7. The van der Waals surface area contributed by atoms with E-state index in [0.717, 1.165) is 18.2 Å². The van der Waals surface area contributed by atoms with Gasteiger partial charge in [0.25, 0.3) is 0 Å². The van der Waals surface area contributed by atoms with Crippen molar-refractivity contribution < 1.29 is 27.1 Å². The molecule has 0 saturated carbocycles. The maximum absolute atomic E-state index is 13.9. The summed E-state index contributed by atoms with van der Waals surface area (Å²) in [5.74, 6) is -1.10. The number of benzene rings is 1. The van der Waals surface area contributed by atoms with Crippen molar-refractivity contribution in [3.8, 4) is 0 Å². The largest absolute Gasteiger partial charge is 0.441 e. The number of rotatable bonds is 2. The molecule has 0 bridgehead atoms. The summed E-state index contributed by atoms with van der Waals surface area (Å²) in [6, 6.07) is 2.57. The van der Waals surface area contributed by atoms with Crippen molar-refractivity contribution in [2.45, 2.75) is 33.1 Å². The molecule has 1 aromatic rings. The lowest BCUT2D eigenvalue weighted by molar-refractivity contribution is -0.140. The Hall–Kier alpha value is -1.79. The van der Waals surface area contributed by atoms with Gasteiger partial charge >= 0.3 is 12.3 Å². The molecule has 1 rings (SSSR count). The van der Waals surface area contributed by atoms with Crippen LogP contribution in [0.25, 0.3) is 0 Å². The number of nitrogens with two attached hydrogens (primary N) is 1. The van der Waals surface area contributed by atoms with Crippen molar-refractivity contribution in [1.82, 2.24) is 0 Å². The van der Waals surface area contributed by atoms with E-state index in [2.05, 4.69) is 0 Å². The van der Waals surface area contributed by atoms with E-state index in [1.54, 1.807) is 0 Å². The smallest absolute Gasteiger partial charge is 0.416 e. The van der Waals surface area contributed by atoms with E-state index in [-0.39, 0.29) is 0 Å². The van der Waals surface area contributed by atoms with Gasteiger partial charge in [0.2, 0.25) is 0 Å². The third-order valence-corrected chi connectivity index (χ3v) is 2.64. The molecular formula is C13H15F4NO2. The highest BCUT2D eigenvalue weighted by Gasteiger charge is 2.41. The number of hydrogen-bond acceptors (Lipinski definition) is 2. The molecule has 0 aliphatic heterocycles. The summed E-state index contributed by atoms with van der Waals surface area (Å²) in [6.45, 7) is 4.56. The number of halogens is 4. The third-order valence-electron chi connectivity index (χ3n) is 2.64. The Morgan fingerprint density at radius 2 is 1.80 bits per heavy atom. The standard InChI is InChI=1S/C13H15F4NO2/c1-12(2,3)10(20-11(18)19)9-7(13(15,16)17)5-4-6-8(9)14/h4-6,10H,1-3H3,(H2,18,19). The van der Waals surface area contributed by atoms with E-state index < -0.39 is 40.7 Å². The number of primary amides is 1. The van der Waals surface area contributed by atoms with Crippen LogP contribution in [0.3, 0.4) is 0 Å². The number of carbonyl (C=O) groups is 1. The highest BCUT2D eigenvalue weighted by molar-refractivity contribution is 5.65. The number of carbonyl (C=O) groups excluding carboxylic acids is 1. The predicted octanol–water partition coefficient (Wildman–Crippen LogP) is 4.03. The third kappa shape index (κ3) is 3.61. The van der Waals surface area contributed by atoms with E-state index >= 15 is 0 Å². The Labute approximate surface area is 113 Å². The molecule has 20 heavy (non-hydrogen) atoms. The molecule has 0 spiro atoms. The molecule has 0 radical (unpaired) electrons. The highest BCUT2D eigenvalue weighted by Crippen LogP contribution is 2.43. The zero-order valence-electron chi connectivity index (χ0n) is 11.2. The molecule has 112 valence electrons. The molecule has 0 aromatic heterocycles. The van der Waals surface area contributed by atoms with Crippen LogP contribution < -0.4 is 5.73 Å². The Balaban J connectivity index is 3.51. The fraction of sp³-hybridized carbons (Fsp3) is 0.462. The second-order valence-electron chi connectivity index (χ2n) is 5.38. The van der Waals surface area contributed by atoms with Gasteiger partial charge in [-0.3, -0.25) is 0 Å². The Bertz CT molecular complexity index is 506. The summed E-state index contributed by atoms with van der Waals surface area (Å²) >= 11 is 0. The van der Waals surface area contributed by atoms with E-state index in [1.807, 2.05) is 0 Å². The minimum atomic E-state index is -4.76. The lowest BCUT2D eigenvalue weighted by Crippen LogP contribution is -2.29. The normalized spacial score (nSPS) is 13.9. The average Bonchev–Trinajstić information content (AvgIpc) is 2.23. The number of ether oxygens (including phenoxy) is 1. The quantitative estimate of drug-likeness (QED) is 0.837. The maximum atomic E-state index is 13.9. The van der Waals surface area contributed by atoms with Gasteiger partial charge in [0.1, 0.15) is 11.9 Å². The van der Waals surface area contributed by atoms with Crippen molar-refractivity contribution in [3.63, 3.8) is 0 Å². The lowest BCUT2D eigenvalue weighted by atomic mass is 9.82. The van der Waals surface area contributed by atoms with Gasteiger partial charge in [0.05, 0.1) is 5.56 Å². The topological polar surface area (TPSA) is 52.3 Å². The monoisotopic (exact) mass is 293 g/mol. The summed E-state index contributed by atoms with van der Waals surface area (Å²) in [5, 5.41) is 0. The van der Waals surface area contributed by atoms with Gasteiger partial charge in [-0.2, -0.15) is 13.2 Å². The molecule has 1 unspecified atom stereocenters. The highest BCUT2D eigenvalue weighted by atomic mass is 19.4. The second-order valence-corrected chi connectivity index (χ2v) is 5.38. The molecule has 2 N–H and O–H groups in total. The molecular weight excluding hydrogens is 278 g/mol. The zero-order valence-corrected chi connectivity index (χ0v) is 11.2. The fourth-order valence-corrected chi connectivity index (χ4v) is 1.84. The van der Waals surface area contributed by atoms with Crippen LogP contribution in [-0.4, -0.2) is 6.09 Å². The van der Waals surface area contributed by atoms with Crippen LogP contribution in [0.1, 0.15) is 38.0 Å². The first-order valence-corrected chi connectivity index (χ1v) is 5.76. The van der Waals surface area contributed by atoms with Crippen LogP contribution >= 0.6 is 0 Å². The van der Waals surface area contributed by atoms with Gasteiger partial charge in [-0.05, 0) is 12.1 Å². The van der Waals surface area contributed by atoms with Crippen LogP contribution in [0.15, 0.2) is 18.2 Å². The van der Waals surface area contributed by atoms with E-state index in [0.29, 0.717) is 0 Å². The predicted molar refractivity (Wildman–Crippen MR) is 64.3 cm³/mol.